The summed E-state index contributed by atoms with van der Waals surface area (Å²) in [6, 6.07) is 7.13. The number of rotatable bonds is 3. The minimum atomic E-state index is -4.29. The molecule has 0 radical (unpaired) electrons. The molecule has 2 aromatic rings. The Morgan fingerprint density at radius 3 is 2.61 bits per heavy atom. The number of anilines is 1. The highest BCUT2D eigenvalue weighted by molar-refractivity contribution is 7.08. The molecule has 0 aliphatic rings. The van der Waals surface area contributed by atoms with E-state index >= 15 is 0 Å². The SMILES string of the molecule is CC(Nc1ccsc1)c1cccc(C(F)(F)F)c1. The molecule has 1 aromatic carbocycles. The van der Waals surface area contributed by atoms with Gasteiger partial charge in [-0.2, -0.15) is 24.5 Å². The third-order valence-corrected chi connectivity index (χ3v) is 3.30. The number of alkyl halides is 3. The summed E-state index contributed by atoms with van der Waals surface area (Å²) in [5.74, 6) is 0. The van der Waals surface area contributed by atoms with E-state index in [4.69, 9.17) is 0 Å². The average molecular weight is 271 g/mol. The lowest BCUT2D eigenvalue weighted by molar-refractivity contribution is -0.137. The third-order valence-electron chi connectivity index (χ3n) is 2.62. The first-order chi connectivity index (χ1) is 8.47. The zero-order valence-corrected chi connectivity index (χ0v) is 10.5. The number of hydrogen-bond acceptors (Lipinski definition) is 2. The highest BCUT2D eigenvalue weighted by atomic mass is 32.1. The van der Waals surface area contributed by atoms with Crippen LogP contribution in [0.3, 0.4) is 0 Å². The van der Waals surface area contributed by atoms with Crippen molar-refractivity contribution in [2.75, 3.05) is 5.32 Å². The fourth-order valence-electron chi connectivity index (χ4n) is 1.66. The number of nitrogens with one attached hydrogen (secondary N) is 1. The van der Waals surface area contributed by atoms with Crippen molar-refractivity contribution < 1.29 is 13.2 Å². The second-order valence-electron chi connectivity index (χ2n) is 4.00. The van der Waals surface area contributed by atoms with E-state index in [1.54, 1.807) is 17.4 Å². The molecule has 0 saturated heterocycles. The number of benzene rings is 1. The van der Waals surface area contributed by atoms with Crippen LogP contribution in [0.4, 0.5) is 18.9 Å². The van der Waals surface area contributed by atoms with E-state index in [1.807, 2.05) is 23.8 Å². The van der Waals surface area contributed by atoms with Crippen molar-refractivity contribution in [2.24, 2.45) is 0 Å². The third kappa shape index (κ3) is 3.04. The predicted molar refractivity (Wildman–Crippen MR) is 67.8 cm³/mol. The van der Waals surface area contributed by atoms with Crippen molar-refractivity contribution in [1.29, 1.82) is 0 Å². The summed E-state index contributed by atoms with van der Waals surface area (Å²) in [5.41, 5.74) is 0.930. The summed E-state index contributed by atoms with van der Waals surface area (Å²) < 4.78 is 37.8. The van der Waals surface area contributed by atoms with Crippen LogP contribution in [0.25, 0.3) is 0 Å². The van der Waals surface area contributed by atoms with Gasteiger partial charge < -0.3 is 5.32 Å². The Kier molecular flexibility index (Phi) is 3.61. The molecule has 5 heteroatoms. The van der Waals surface area contributed by atoms with Crippen LogP contribution in [-0.2, 0) is 6.18 Å². The molecule has 96 valence electrons. The van der Waals surface area contributed by atoms with E-state index in [0.29, 0.717) is 5.56 Å². The maximum absolute atomic E-state index is 12.6. The molecule has 0 bridgehead atoms. The number of halogens is 3. The van der Waals surface area contributed by atoms with Gasteiger partial charge in [0, 0.05) is 17.1 Å². The monoisotopic (exact) mass is 271 g/mol. The maximum Gasteiger partial charge on any atom is 0.416 e. The second-order valence-corrected chi connectivity index (χ2v) is 4.78. The number of hydrogen-bond donors (Lipinski definition) is 1. The Balaban J connectivity index is 2.18. The van der Waals surface area contributed by atoms with Gasteiger partial charge >= 0.3 is 6.18 Å². The van der Waals surface area contributed by atoms with Gasteiger partial charge in [-0.15, -0.1) is 0 Å². The highest BCUT2D eigenvalue weighted by Crippen LogP contribution is 2.31. The van der Waals surface area contributed by atoms with Crippen LogP contribution >= 0.6 is 11.3 Å². The Labute approximate surface area is 107 Å². The molecule has 0 fully saturated rings. The molecular weight excluding hydrogens is 259 g/mol. The number of thiophene rings is 1. The molecule has 0 aliphatic carbocycles. The molecule has 1 nitrogen and oxygen atoms in total. The van der Waals surface area contributed by atoms with Gasteiger partial charge in [-0.3, -0.25) is 0 Å². The maximum atomic E-state index is 12.6. The van der Waals surface area contributed by atoms with E-state index in [9.17, 15) is 13.2 Å². The summed E-state index contributed by atoms with van der Waals surface area (Å²) in [6.07, 6.45) is -4.29. The molecule has 1 atom stereocenters. The Hall–Kier alpha value is -1.49. The van der Waals surface area contributed by atoms with Crippen LogP contribution in [0.15, 0.2) is 41.1 Å². The van der Waals surface area contributed by atoms with Gasteiger partial charge in [-0.05, 0) is 36.1 Å². The molecular formula is C13H12F3NS. The zero-order chi connectivity index (χ0) is 13.2. The van der Waals surface area contributed by atoms with Gasteiger partial charge in [-0.1, -0.05) is 12.1 Å². The van der Waals surface area contributed by atoms with Crippen molar-refractivity contribution in [1.82, 2.24) is 0 Å². The van der Waals surface area contributed by atoms with Crippen LogP contribution in [0.5, 0.6) is 0 Å². The summed E-state index contributed by atoms with van der Waals surface area (Å²) in [7, 11) is 0. The molecule has 0 saturated carbocycles. The van der Waals surface area contributed by atoms with Gasteiger partial charge in [0.2, 0.25) is 0 Å². The van der Waals surface area contributed by atoms with Crippen LogP contribution in [0.2, 0.25) is 0 Å². The largest absolute Gasteiger partial charge is 0.416 e. The smallest absolute Gasteiger partial charge is 0.378 e. The van der Waals surface area contributed by atoms with E-state index < -0.39 is 11.7 Å². The fraction of sp³-hybridized carbons (Fsp3) is 0.231. The van der Waals surface area contributed by atoms with Crippen molar-refractivity contribution in [3.05, 3.63) is 52.2 Å². The molecule has 1 N–H and O–H groups in total. The quantitative estimate of drug-likeness (QED) is 0.833. The van der Waals surface area contributed by atoms with E-state index in [0.717, 1.165) is 11.8 Å². The topological polar surface area (TPSA) is 12.0 Å². The molecule has 1 unspecified atom stereocenters. The van der Waals surface area contributed by atoms with Gasteiger partial charge in [0.25, 0.3) is 0 Å². The van der Waals surface area contributed by atoms with E-state index in [2.05, 4.69) is 5.32 Å². The standard InChI is InChI=1S/C13H12F3NS/c1-9(17-12-5-6-18-8-12)10-3-2-4-11(7-10)13(14,15)16/h2-9,17H,1H3. The van der Waals surface area contributed by atoms with Gasteiger partial charge in [-0.25, -0.2) is 0 Å². The molecule has 0 spiro atoms. The first-order valence-corrected chi connectivity index (χ1v) is 6.37. The Morgan fingerprint density at radius 2 is 2.00 bits per heavy atom. The van der Waals surface area contributed by atoms with Crippen molar-refractivity contribution in [3.63, 3.8) is 0 Å². The van der Waals surface area contributed by atoms with Gasteiger partial charge in [0.15, 0.2) is 0 Å². The molecule has 1 aromatic heterocycles. The van der Waals surface area contributed by atoms with Crippen LogP contribution in [-0.4, -0.2) is 0 Å². The molecule has 0 aliphatic heterocycles. The lowest BCUT2D eigenvalue weighted by atomic mass is 10.0. The van der Waals surface area contributed by atoms with Gasteiger partial charge in [0.1, 0.15) is 0 Å². The average Bonchev–Trinajstić information content (AvgIpc) is 2.81. The lowest BCUT2D eigenvalue weighted by Crippen LogP contribution is -2.09. The molecule has 0 amide bonds. The normalized spacial score (nSPS) is 13.3. The second kappa shape index (κ2) is 5.02. The Bertz CT molecular complexity index is 505. The van der Waals surface area contributed by atoms with E-state index in [-0.39, 0.29) is 6.04 Å². The molecule has 2 rings (SSSR count). The van der Waals surface area contributed by atoms with Crippen molar-refractivity contribution in [3.8, 4) is 0 Å². The summed E-state index contributed by atoms with van der Waals surface area (Å²) >= 11 is 1.54. The van der Waals surface area contributed by atoms with Crippen molar-refractivity contribution in [2.45, 2.75) is 19.1 Å². The fourth-order valence-corrected chi connectivity index (χ4v) is 2.26. The first kappa shape index (κ1) is 13.0. The summed E-state index contributed by atoms with van der Waals surface area (Å²) in [4.78, 5) is 0. The van der Waals surface area contributed by atoms with E-state index in [1.165, 1.54) is 12.1 Å². The van der Waals surface area contributed by atoms with Crippen LogP contribution in [0.1, 0.15) is 24.1 Å². The first-order valence-electron chi connectivity index (χ1n) is 5.43. The molecule has 18 heavy (non-hydrogen) atoms. The lowest BCUT2D eigenvalue weighted by Gasteiger charge is -2.16. The van der Waals surface area contributed by atoms with Crippen LogP contribution in [0, 0.1) is 0 Å². The minimum Gasteiger partial charge on any atom is -0.378 e. The van der Waals surface area contributed by atoms with Gasteiger partial charge in [0.05, 0.1) is 5.56 Å². The summed E-state index contributed by atoms with van der Waals surface area (Å²) in [5, 5.41) is 7.00. The molecule has 1 heterocycles. The van der Waals surface area contributed by atoms with Crippen molar-refractivity contribution >= 4 is 17.0 Å². The minimum absolute atomic E-state index is 0.165. The summed E-state index contributed by atoms with van der Waals surface area (Å²) in [6.45, 7) is 1.84. The zero-order valence-electron chi connectivity index (χ0n) is 9.66. The highest BCUT2D eigenvalue weighted by Gasteiger charge is 2.30. The predicted octanol–water partition coefficient (Wildman–Crippen LogP) is 4.94. The Morgan fingerprint density at radius 1 is 1.22 bits per heavy atom. The van der Waals surface area contributed by atoms with Crippen LogP contribution < -0.4 is 5.32 Å².